The molecule has 1 aliphatic rings. The lowest BCUT2D eigenvalue weighted by atomic mass is 9.92. The summed E-state index contributed by atoms with van der Waals surface area (Å²) in [5.41, 5.74) is 0. The maximum absolute atomic E-state index is 10.4. The molecule has 4 heteroatoms. The van der Waals surface area contributed by atoms with E-state index in [2.05, 4.69) is 0 Å². The molecule has 4 nitrogen and oxygen atoms in total. The molecule has 0 amide bonds. The van der Waals surface area contributed by atoms with Crippen molar-refractivity contribution in [1.29, 1.82) is 0 Å². The molecule has 0 radical (unpaired) electrons. The molecule has 0 aromatic heterocycles. The Morgan fingerprint density at radius 3 is 2.25 bits per heavy atom. The van der Waals surface area contributed by atoms with Gasteiger partial charge in [-0.2, -0.15) is 0 Å². The third kappa shape index (κ3) is 1.64. The number of carbonyl (C=O) groups is 2. The van der Waals surface area contributed by atoms with E-state index in [-0.39, 0.29) is 0 Å². The quantitative estimate of drug-likeness (QED) is 0.363. The molecule has 0 aromatic carbocycles. The SMILES string of the molecule is O=C([O-])C(C(=O)[O-])[C@@H]1C=CCC1. The molecule has 12 heavy (non-hydrogen) atoms. The number of aliphatic carboxylic acids is 2. The van der Waals surface area contributed by atoms with E-state index in [9.17, 15) is 19.8 Å². The van der Waals surface area contributed by atoms with Gasteiger partial charge in [0.25, 0.3) is 0 Å². The maximum Gasteiger partial charge on any atom is 0.0507 e. The predicted octanol–water partition coefficient (Wildman–Crippen LogP) is -1.93. The second kappa shape index (κ2) is 3.38. The molecule has 0 fully saturated rings. The fourth-order valence-electron chi connectivity index (χ4n) is 1.38. The molecular formula is C8H8O4-2. The molecule has 0 bridgehead atoms. The minimum Gasteiger partial charge on any atom is -0.549 e. The monoisotopic (exact) mass is 168 g/mol. The lowest BCUT2D eigenvalue weighted by molar-refractivity contribution is -0.333. The fraction of sp³-hybridized carbons (Fsp3) is 0.500. The highest BCUT2D eigenvalue weighted by molar-refractivity contribution is 5.91. The van der Waals surface area contributed by atoms with Crippen LogP contribution in [0.2, 0.25) is 0 Å². The minimum absolute atomic E-state index is 0.458. The number of rotatable bonds is 3. The summed E-state index contributed by atoms with van der Waals surface area (Å²) < 4.78 is 0. The van der Waals surface area contributed by atoms with Gasteiger partial charge in [0.15, 0.2) is 0 Å². The van der Waals surface area contributed by atoms with Crippen LogP contribution in [0.5, 0.6) is 0 Å². The first-order valence-corrected chi connectivity index (χ1v) is 3.71. The number of carboxylic acids is 2. The average molecular weight is 168 g/mol. The van der Waals surface area contributed by atoms with E-state index in [1.165, 1.54) is 0 Å². The molecule has 0 heterocycles. The number of allylic oxidation sites excluding steroid dienone is 2. The summed E-state index contributed by atoms with van der Waals surface area (Å²) in [6.07, 6.45) is 4.63. The summed E-state index contributed by atoms with van der Waals surface area (Å²) in [6.45, 7) is 0. The Labute approximate surface area is 69.5 Å². The first kappa shape index (κ1) is 8.77. The molecule has 1 rings (SSSR count). The first-order valence-electron chi connectivity index (χ1n) is 3.71. The van der Waals surface area contributed by atoms with Crippen molar-refractivity contribution in [2.45, 2.75) is 12.8 Å². The second-order valence-corrected chi connectivity index (χ2v) is 2.79. The Balaban J connectivity index is 2.71. The molecule has 0 unspecified atom stereocenters. The molecular weight excluding hydrogens is 160 g/mol. The van der Waals surface area contributed by atoms with Gasteiger partial charge in [-0.15, -0.1) is 0 Å². The van der Waals surface area contributed by atoms with Crippen LogP contribution < -0.4 is 10.2 Å². The molecule has 0 spiro atoms. The Hall–Kier alpha value is -1.32. The highest BCUT2D eigenvalue weighted by Gasteiger charge is 2.23. The van der Waals surface area contributed by atoms with Crippen LogP contribution in [0.25, 0.3) is 0 Å². The summed E-state index contributed by atoms with van der Waals surface area (Å²) >= 11 is 0. The van der Waals surface area contributed by atoms with Gasteiger partial charge in [-0.05, 0) is 18.8 Å². The molecule has 0 aliphatic heterocycles. The highest BCUT2D eigenvalue weighted by atomic mass is 16.4. The predicted molar refractivity (Wildman–Crippen MR) is 35.4 cm³/mol. The molecule has 1 aliphatic carbocycles. The van der Waals surface area contributed by atoms with Gasteiger partial charge < -0.3 is 19.8 Å². The molecule has 0 aromatic rings. The number of carbonyl (C=O) groups excluding carboxylic acids is 2. The van der Waals surface area contributed by atoms with Crippen molar-refractivity contribution in [2.24, 2.45) is 11.8 Å². The van der Waals surface area contributed by atoms with Crippen LogP contribution in [0, 0.1) is 11.8 Å². The van der Waals surface area contributed by atoms with Gasteiger partial charge >= 0.3 is 0 Å². The first-order chi connectivity index (χ1) is 5.63. The van der Waals surface area contributed by atoms with Gasteiger partial charge in [0.1, 0.15) is 0 Å². The van der Waals surface area contributed by atoms with Gasteiger partial charge in [-0.1, -0.05) is 12.2 Å². The lowest BCUT2D eigenvalue weighted by Gasteiger charge is -2.23. The summed E-state index contributed by atoms with van der Waals surface area (Å²) in [6, 6.07) is 0. The van der Waals surface area contributed by atoms with Crippen molar-refractivity contribution in [3.8, 4) is 0 Å². The summed E-state index contributed by atoms with van der Waals surface area (Å²) in [5, 5.41) is 20.7. The standard InChI is InChI=1S/C8H10O4/c9-7(10)6(8(11)12)5-3-1-2-4-5/h1,3,5-6H,2,4H2,(H,9,10)(H,11,12)/p-2/t5-/m1/s1. The number of hydrogen-bond acceptors (Lipinski definition) is 4. The smallest absolute Gasteiger partial charge is 0.0507 e. The average Bonchev–Trinajstić information content (AvgIpc) is 2.37. The zero-order valence-electron chi connectivity index (χ0n) is 6.36. The highest BCUT2D eigenvalue weighted by Crippen LogP contribution is 2.24. The van der Waals surface area contributed by atoms with Gasteiger partial charge in [0, 0.05) is 5.92 Å². The van der Waals surface area contributed by atoms with E-state index in [4.69, 9.17) is 0 Å². The third-order valence-electron chi connectivity index (χ3n) is 1.99. The van der Waals surface area contributed by atoms with Gasteiger partial charge in [-0.25, -0.2) is 0 Å². The van der Waals surface area contributed by atoms with Crippen LogP contribution >= 0.6 is 0 Å². The van der Waals surface area contributed by atoms with Crippen LogP contribution in [-0.4, -0.2) is 11.9 Å². The van der Waals surface area contributed by atoms with Gasteiger partial charge in [0.05, 0.1) is 11.9 Å². The van der Waals surface area contributed by atoms with Crippen molar-refractivity contribution in [3.63, 3.8) is 0 Å². The Morgan fingerprint density at radius 1 is 1.33 bits per heavy atom. The fourth-order valence-corrected chi connectivity index (χ4v) is 1.38. The molecule has 66 valence electrons. The van der Waals surface area contributed by atoms with Crippen LogP contribution in [-0.2, 0) is 9.59 Å². The summed E-state index contributed by atoms with van der Waals surface area (Å²) in [4.78, 5) is 20.7. The van der Waals surface area contributed by atoms with E-state index >= 15 is 0 Å². The number of carboxylic acid groups (broad SMARTS) is 2. The van der Waals surface area contributed by atoms with Gasteiger partial charge in [-0.3, -0.25) is 0 Å². The number of hydrogen-bond donors (Lipinski definition) is 0. The molecule has 0 N–H and O–H groups in total. The van der Waals surface area contributed by atoms with Crippen LogP contribution in [0.15, 0.2) is 12.2 Å². The summed E-state index contributed by atoms with van der Waals surface area (Å²) in [5.74, 6) is -5.08. The Kier molecular flexibility index (Phi) is 2.47. The van der Waals surface area contributed by atoms with E-state index in [0.717, 1.165) is 6.42 Å². The van der Waals surface area contributed by atoms with Crippen molar-refractivity contribution < 1.29 is 19.8 Å². The molecule has 1 atom stereocenters. The zero-order valence-corrected chi connectivity index (χ0v) is 6.36. The van der Waals surface area contributed by atoms with E-state index in [1.807, 2.05) is 0 Å². The van der Waals surface area contributed by atoms with Crippen LogP contribution in [0.3, 0.4) is 0 Å². The topological polar surface area (TPSA) is 80.3 Å². The zero-order chi connectivity index (χ0) is 9.14. The van der Waals surface area contributed by atoms with E-state index in [0.29, 0.717) is 6.42 Å². The second-order valence-electron chi connectivity index (χ2n) is 2.79. The van der Waals surface area contributed by atoms with Crippen molar-refractivity contribution in [3.05, 3.63) is 12.2 Å². The lowest BCUT2D eigenvalue weighted by Crippen LogP contribution is -2.46. The van der Waals surface area contributed by atoms with Gasteiger partial charge in [0.2, 0.25) is 0 Å². The van der Waals surface area contributed by atoms with E-state index < -0.39 is 23.8 Å². The summed E-state index contributed by atoms with van der Waals surface area (Å²) in [7, 11) is 0. The van der Waals surface area contributed by atoms with Crippen molar-refractivity contribution in [1.82, 2.24) is 0 Å². The van der Waals surface area contributed by atoms with Crippen LogP contribution in [0.1, 0.15) is 12.8 Å². The molecule has 0 saturated heterocycles. The third-order valence-corrected chi connectivity index (χ3v) is 1.99. The largest absolute Gasteiger partial charge is 0.549 e. The van der Waals surface area contributed by atoms with Crippen molar-refractivity contribution in [2.75, 3.05) is 0 Å². The Morgan fingerprint density at radius 2 is 1.92 bits per heavy atom. The van der Waals surface area contributed by atoms with E-state index in [1.54, 1.807) is 12.2 Å². The maximum atomic E-state index is 10.4. The van der Waals surface area contributed by atoms with Crippen molar-refractivity contribution >= 4 is 11.9 Å². The molecule has 0 saturated carbocycles. The minimum atomic E-state index is -1.56. The Bertz CT molecular complexity index is 217. The van der Waals surface area contributed by atoms with Crippen LogP contribution in [0.4, 0.5) is 0 Å². The normalized spacial score (nSPS) is 21.6.